The predicted octanol–water partition coefficient (Wildman–Crippen LogP) is 3.19. The number of rotatable bonds is 4. The lowest BCUT2D eigenvalue weighted by atomic mass is 9.54. The molecule has 4 fully saturated rings. The first kappa shape index (κ1) is 14.6. The Morgan fingerprint density at radius 1 is 1.27 bits per heavy atom. The van der Waals surface area contributed by atoms with Gasteiger partial charge < -0.3 is 9.64 Å². The number of carbonyl (C=O) groups excluding carboxylic acids is 1. The molecule has 0 spiro atoms. The Kier molecular flexibility index (Phi) is 3.73. The molecule has 0 aromatic carbocycles. The van der Waals surface area contributed by atoms with E-state index in [2.05, 4.69) is 4.98 Å². The summed E-state index contributed by atoms with van der Waals surface area (Å²) in [4.78, 5) is 19.3. The second-order valence-electron chi connectivity index (χ2n) is 7.40. The van der Waals surface area contributed by atoms with E-state index in [1.807, 2.05) is 17.3 Å². The first-order valence-electron chi connectivity index (χ1n) is 8.36. The van der Waals surface area contributed by atoms with Crippen LogP contribution in [0.1, 0.15) is 47.6 Å². The van der Waals surface area contributed by atoms with Gasteiger partial charge in [0.1, 0.15) is 10.7 Å². The molecule has 4 bridgehead atoms. The molecule has 0 saturated heterocycles. The molecule has 1 aromatic rings. The lowest BCUT2D eigenvalue weighted by molar-refractivity contribution is -0.0492. The fourth-order valence-corrected chi connectivity index (χ4v) is 6.18. The number of methoxy groups -OCH3 is 1. The van der Waals surface area contributed by atoms with Gasteiger partial charge in [-0.1, -0.05) is 0 Å². The minimum atomic E-state index is 0.0936. The first-order valence-corrected chi connectivity index (χ1v) is 9.24. The number of hydrogen-bond acceptors (Lipinski definition) is 4. The van der Waals surface area contributed by atoms with Crippen LogP contribution in [0, 0.1) is 23.7 Å². The number of hydrogen-bond donors (Lipinski definition) is 0. The molecule has 5 heteroatoms. The average molecular weight is 320 g/mol. The monoisotopic (exact) mass is 320 g/mol. The highest BCUT2D eigenvalue weighted by atomic mass is 32.1. The molecule has 0 N–H and O–H groups in total. The number of ether oxygens (including phenoxy) is 1. The second-order valence-corrected chi connectivity index (χ2v) is 8.34. The van der Waals surface area contributed by atoms with Crippen LogP contribution in [0.3, 0.4) is 0 Å². The average Bonchev–Trinajstić information content (AvgIpc) is 2.94. The summed E-state index contributed by atoms with van der Waals surface area (Å²) in [5, 5.41) is 2.76. The summed E-state index contributed by atoms with van der Waals surface area (Å²) < 4.78 is 5.10. The standard InChI is InChI=1S/C17H24N2O2S/c1-19(17(20)14-9-22-15(18-14)8-21-2)16-12-4-10-3-11(6-12)7-13(16)5-10/h9-13,16H,3-8H2,1-2H3. The van der Waals surface area contributed by atoms with E-state index in [-0.39, 0.29) is 5.91 Å². The van der Waals surface area contributed by atoms with Crippen LogP contribution < -0.4 is 0 Å². The van der Waals surface area contributed by atoms with Crippen LogP contribution in [-0.4, -0.2) is 36.0 Å². The zero-order chi connectivity index (χ0) is 15.3. The molecule has 0 aliphatic heterocycles. The van der Waals surface area contributed by atoms with Crippen molar-refractivity contribution >= 4 is 17.2 Å². The van der Waals surface area contributed by atoms with E-state index in [0.717, 1.165) is 28.7 Å². The van der Waals surface area contributed by atoms with Crippen molar-refractivity contribution < 1.29 is 9.53 Å². The number of nitrogens with zero attached hydrogens (tertiary/aromatic N) is 2. The van der Waals surface area contributed by atoms with Gasteiger partial charge in [0.15, 0.2) is 0 Å². The first-order chi connectivity index (χ1) is 10.7. The third-order valence-corrected chi connectivity index (χ3v) is 6.81. The molecule has 120 valence electrons. The smallest absolute Gasteiger partial charge is 0.273 e. The van der Waals surface area contributed by atoms with E-state index in [4.69, 9.17) is 4.74 Å². The van der Waals surface area contributed by atoms with Crippen LogP contribution in [0.5, 0.6) is 0 Å². The topological polar surface area (TPSA) is 42.4 Å². The largest absolute Gasteiger partial charge is 0.378 e. The lowest BCUT2D eigenvalue weighted by Crippen LogP contribution is -2.56. The van der Waals surface area contributed by atoms with Gasteiger partial charge >= 0.3 is 0 Å². The van der Waals surface area contributed by atoms with Crippen LogP contribution in [0.25, 0.3) is 0 Å². The highest BCUT2D eigenvalue weighted by molar-refractivity contribution is 7.09. The van der Waals surface area contributed by atoms with Crippen molar-refractivity contribution in [1.29, 1.82) is 0 Å². The molecule has 0 atom stereocenters. The molecule has 0 radical (unpaired) electrons. The SMILES string of the molecule is COCc1nc(C(=O)N(C)C2C3CC4CC(C3)CC2C4)cs1. The van der Waals surface area contributed by atoms with E-state index < -0.39 is 0 Å². The molecule has 4 aliphatic rings. The van der Waals surface area contributed by atoms with E-state index in [9.17, 15) is 4.79 Å². The van der Waals surface area contributed by atoms with Crippen LogP contribution in [0.4, 0.5) is 0 Å². The molecule has 1 heterocycles. The van der Waals surface area contributed by atoms with Gasteiger partial charge in [0.25, 0.3) is 5.91 Å². The molecule has 1 amide bonds. The summed E-state index contributed by atoms with van der Waals surface area (Å²) >= 11 is 1.51. The number of amides is 1. The summed E-state index contributed by atoms with van der Waals surface area (Å²) in [6.07, 6.45) is 6.79. The quantitative estimate of drug-likeness (QED) is 0.855. The molecule has 4 aliphatic carbocycles. The van der Waals surface area contributed by atoms with Gasteiger partial charge in [-0.05, 0) is 55.8 Å². The summed E-state index contributed by atoms with van der Waals surface area (Å²) in [5.74, 6) is 3.42. The number of aromatic nitrogens is 1. The van der Waals surface area contributed by atoms with Gasteiger partial charge in [0.05, 0.1) is 6.61 Å². The van der Waals surface area contributed by atoms with Crippen molar-refractivity contribution in [2.24, 2.45) is 23.7 Å². The minimum Gasteiger partial charge on any atom is -0.378 e. The molecular weight excluding hydrogens is 296 g/mol. The highest BCUT2D eigenvalue weighted by Crippen LogP contribution is 2.55. The zero-order valence-corrected chi connectivity index (χ0v) is 14.1. The van der Waals surface area contributed by atoms with Crippen molar-refractivity contribution in [3.63, 3.8) is 0 Å². The van der Waals surface area contributed by atoms with Crippen LogP contribution in [-0.2, 0) is 11.3 Å². The van der Waals surface area contributed by atoms with Crippen LogP contribution >= 0.6 is 11.3 Å². The Labute approximate surface area is 135 Å². The van der Waals surface area contributed by atoms with E-state index in [0.29, 0.717) is 18.3 Å². The van der Waals surface area contributed by atoms with Gasteiger partial charge in [-0.25, -0.2) is 4.98 Å². The summed E-state index contributed by atoms with van der Waals surface area (Å²) in [6.45, 7) is 0.486. The van der Waals surface area contributed by atoms with Crippen molar-refractivity contribution in [1.82, 2.24) is 9.88 Å². The summed E-state index contributed by atoms with van der Waals surface area (Å²) in [6, 6.07) is 0.438. The summed E-state index contributed by atoms with van der Waals surface area (Å²) in [7, 11) is 3.65. The predicted molar refractivity (Wildman–Crippen MR) is 85.8 cm³/mol. The van der Waals surface area contributed by atoms with Crippen molar-refractivity contribution in [3.05, 3.63) is 16.1 Å². The Hall–Kier alpha value is -0.940. The Bertz CT molecular complexity index is 543. The highest BCUT2D eigenvalue weighted by Gasteiger charge is 2.50. The maximum atomic E-state index is 12.8. The van der Waals surface area contributed by atoms with Gasteiger partial charge in [0.2, 0.25) is 0 Å². The molecule has 5 rings (SSSR count). The molecular formula is C17H24N2O2S. The molecule has 0 unspecified atom stereocenters. The van der Waals surface area contributed by atoms with Gasteiger partial charge in [-0.3, -0.25) is 4.79 Å². The Morgan fingerprint density at radius 3 is 2.50 bits per heavy atom. The number of thiazole rings is 1. The van der Waals surface area contributed by atoms with Gasteiger partial charge in [0, 0.05) is 25.6 Å². The molecule has 1 aromatic heterocycles. The Balaban J connectivity index is 1.51. The normalized spacial score (nSPS) is 35.8. The second kappa shape index (κ2) is 5.60. The van der Waals surface area contributed by atoms with Crippen molar-refractivity contribution in [2.45, 2.75) is 44.8 Å². The van der Waals surface area contributed by atoms with Gasteiger partial charge in [-0.15, -0.1) is 11.3 Å². The van der Waals surface area contributed by atoms with Crippen LogP contribution in [0.2, 0.25) is 0 Å². The van der Waals surface area contributed by atoms with Crippen molar-refractivity contribution in [2.75, 3.05) is 14.2 Å². The maximum absolute atomic E-state index is 12.8. The lowest BCUT2D eigenvalue weighted by Gasteiger charge is -2.56. The summed E-state index contributed by atoms with van der Waals surface area (Å²) in [5.41, 5.74) is 0.591. The minimum absolute atomic E-state index is 0.0936. The molecule has 4 nitrogen and oxygen atoms in total. The maximum Gasteiger partial charge on any atom is 0.273 e. The van der Waals surface area contributed by atoms with E-state index >= 15 is 0 Å². The Morgan fingerprint density at radius 2 is 1.91 bits per heavy atom. The van der Waals surface area contributed by atoms with Crippen molar-refractivity contribution in [3.8, 4) is 0 Å². The molecule has 4 saturated carbocycles. The van der Waals surface area contributed by atoms with E-state index in [1.54, 1.807) is 7.11 Å². The van der Waals surface area contributed by atoms with Gasteiger partial charge in [-0.2, -0.15) is 0 Å². The van der Waals surface area contributed by atoms with Crippen LogP contribution in [0.15, 0.2) is 5.38 Å². The number of carbonyl (C=O) groups is 1. The van der Waals surface area contributed by atoms with E-state index in [1.165, 1.54) is 43.4 Å². The molecule has 22 heavy (non-hydrogen) atoms. The third kappa shape index (κ3) is 2.38. The zero-order valence-electron chi connectivity index (χ0n) is 13.3. The fourth-order valence-electron chi connectivity index (χ4n) is 5.44. The third-order valence-electron chi connectivity index (χ3n) is 5.98. The fraction of sp³-hybridized carbons (Fsp3) is 0.765.